The number of nitrogens with zero attached hydrogens (tertiary/aromatic N) is 2. The second-order valence-electron chi connectivity index (χ2n) is 6.35. The van der Waals surface area contributed by atoms with Gasteiger partial charge in [0.1, 0.15) is 12.9 Å². The summed E-state index contributed by atoms with van der Waals surface area (Å²) in [4.78, 5) is 8.01. The van der Waals surface area contributed by atoms with E-state index in [1.54, 1.807) is 6.07 Å². The molecule has 0 radical (unpaired) electrons. The highest BCUT2D eigenvalue weighted by atomic mass is 19.4. The van der Waals surface area contributed by atoms with Gasteiger partial charge in [0.15, 0.2) is 0 Å². The third kappa shape index (κ3) is 5.49. The Labute approximate surface area is 139 Å². The monoisotopic (exact) mass is 339 g/mol. The molecule has 0 unspecified atom stereocenters. The first-order valence-corrected chi connectivity index (χ1v) is 7.53. The molecule has 1 N–H and O–H groups in total. The number of ether oxygens (including phenoxy) is 1. The zero-order chi connectivity index (χ0) is 17.8. The van der Waals surface area contributed by atoms with Crippen LogP contribution in [0.15, 0.2) is 36.7 Å². The summed E-state index contributed by atoms with van der Waals surface area (Å²) in [5.74, 6) is 0.327. The van der Waals surface area contributed by atoms with E-state index in [-0.39, 0.29) is 5.54 Å². The number of nitrogens with one attached hydrogen (secondary N) is 1. The lowest BCUT2D eigenvalue weighted by molar-refractivity contribution is -0.137. The Morgan fingerprint density at radius 1 is 1.08 bits per heavy atom. The zero-order valence-electron chi connectivity index (χ0n) is 13.8. The SMILES string of the molecule is CC(C)(C)NCCOc1cc(-c2cccc(C(F)(F)F)c2)ncn1. The van der Waals surface area contributed by atoms with Gasteiger partial charge in [-0.15, -0.1) is 0 Å². The van der Waals surface area contributed by atoms with E-state index in [1.165, 1.54) is 18.5 Å². The van der Waals surface area contributed by atoms with Gasteiger partial charge in [0.2, 0.25) is 5.88 Å². The molecule has 7 heteroatoms. The molecular formula is C17H20F3N3O. The highest BCUT2D eigenvalue weighted by molar-refractivity contribution is 5.60. The molecule has 0 aliphatic heterocycles. The maximum Gasteiger partial charge on any atom is 0.416 e. The molecule has 0 aliphatic rings. The van der Waals surface area contributed by atoms with E-state index < -0.39 is 11.7 Å². The van der Waals surface area contributed by atoms with Crippen LogP contribution in [0, 0.1) is 0 Å². The average Bonchev–Trinajstić information content (AvgIpc) is 2.50. The molecule has 2 rings (SSSR count). The highest BCUT2D eigenvalue weighted by Gasteiger charge is 2.30. The summed E-state index contributed by atoms with van der Waals surface area (Å²) < 4.78 is 43.9. The normalized spacial score (nSPS) is 12.2. The second kappa shape index (κ2) is 7.17. The molecule has 4 nitrogen and oxygen atoms in total. The van der Waals surface area contributed by atoms with Crippen LogP contribution in [0.1, 0.15) is 26.3 Å². The Hall–Kier alpha value is -2.15. The van der Waals surface area contributed by atoms with Crippen LogP contribution in [0.2, 0.25) is 0 Å². The van der Waals surface area contributed by atoms with Gasteiger partial charge in [-0.25, -0.2) is 9.97 Å². The predicted molar refractivity (Wildman–Crippen MR) is 85.7 cm³/mol. The molecular weight excluding hydrogens is 319 g/mol. The minimum atomic E-state index is -4.39. The molecule has 0 spiro atoms. The molecule has 0 atom stereocenters. The third-order valence-corrected chi connectivity index (χ3v) is 3.13. The summed E-state index contributed by atoms with van der Waals surface area (Å²) in [5, 5.41) is 3.27. The molecule has 1 heterocycles. The van der Waals surface area contributed by atoms with E-state index in [4.69, 9.17) is 4.74 Å². The van der Waals surface area contributed by atoms with Crippen LogP contribution in [-0.4, -0.2) is 28.7 Å². The van der Waals surface area contributed by atoms with Crippen molar-refractivity contribution in [2.24, 2.45) is 0 Å². The van der Waals surface area contributed by atoms with E-state index >= 15 is 0 Å². The van der Waals surface area contributed by atoms with E-state index in [0.717, 1.165) is 12.1 Å². The summed E-state index contributed by atoms with van der Waals surface area (Å²) in [6, 6.07) is 6.55. The number of hydrogen-bond acceptors (Lipinski definition) is 4. The largest absolute Gasteiger partial charge is 0.476 e. The molecule has 0 saturated carbocycles. The van der Waals surface area contributed by atoms with E-state index in [9.17, 15) is 13.2 Å². The fraction of sp³-hybridized carbons (Fsp3) is 0.412. The Morgan fingerprint density at radius 3 is 2.50 bits per heavy atom. The van der Waals surface area contributed by atoms with Crippen LogP contribution in [0.3, 0.4) is 0 Å². The summed E-state index contributed by atoms with van der Waals surface area (Å²) in [7, 11) is 0. The van der Waals surface area contributed by atoms with Crippen molar-refractivity contribution >= 4 is 0 Å². The number of alkyl halides is 3. The summed E-state index contributed by atoms with van der Waals surface area (Å²) in [5.41, 5.74) is 0.0216. The van der Waals surface area contributed by atoms with E-state index in [2.05, 4.69) is 15.3 Å². The topological polar surface area (TPSA) is 47.0 Å². The van der Waals surface area contributed by atoms with Gasteiger partial charge in [-0.05, 0) is 32.9 Å². The Morgan fingerprint density at radius 2 is 1.83 bits per heavy atom. The van der Waals surface area contributed by atoms with Crippen LogP contribution < -0.4 is 10.1 Å². The maximum absolute atomic E-state index is 12.8. The molecule has 2 aromatic rings. The molecule has 1 aromatic heterocycles. The van der Waals surface area contributed by atoms with E-state index in [0.29, 0.717) is 30.3 Å². The smallest absolute Gasteiger partial charge is 0.416 e. The van der Waals surface area contributed by atoms with Crippen molar-refractivity contribution in [3.05, 3.63) is 42.2 Å². The van der Waals surface area contributed by atoms with Crippen molar-refractivity contribution < 1.29 is 17.9 Å². The number of hydrogen-bond donors (Lipinski definition) is 1. The van der Waals surface area contributed by atoms with Gasteiger partial charge in [0, 0.05) is 23.7 Å². The van der Waals surface area contributed by atoms with Crippen LogP contribution in [0.4, 0.5) is 13.2 Å². The summed E-state index contributed by atoms with van der Waals surface area (Å²) >= 11 is 0. The first kappa shape index (κ1) is 18.2. The van der Waals surface area contributed by atoms with Crippen molar-refractivity contribution in [1.82, 2.24) is 15.3 Å². The van der Waals surface area contributed by atoms with Crippen molar-refractivity contribution in [2.45, 2.75) is 32.5 Å². The van der Waals surface area contributed by atoms with Crippen molar-refractivity contribution in [1.29, 1.82) is 0 Å². The number of aromatic nitrogens is 2. The number of benzene rings is 1. The average molecular weight is 339 g/mol. The number of halogens is 3. The molecule has 24 heavy (non-hydrogen) atoms. The Bertz CT molecular complexity index is 681. The van der Waals surface area contributed by atoms with E-state index in [1.807, 2.05) is 20.8 Å². The molecule has 130 valence electrons. The molecule has 0 fully saturated rings. The van der Waals surface area contributed by atoms with Crippen LogP contribution in [0.25, 0.3) is 11.3 Å². The van der Waals surface area contributed by atoms with Gasteiger partial charge >= 0.3 is 6.18 Å². The lowest BCUT2D eigenvalue weighted by Gasteiger charge is -2.20. The maximum atomic E-state index is 12.8. The van der Waals surface area contributed by atoms with Gasteiger partial charge in [0.05, 0.1) is 11.3 Å². The zero-order valence-corrected chi connectivity index (χ0v) is 13.8. The van der Waals surface area contributed by atoms with Gasteiger partial charge in [-0.1, -0.05) is 12.1 Å². The fourth-order valence-corrected chi connectivity index (χ4v) is 2.01. The standard InChI is InChI=1S/C17H20F3N3O/c1-16(2,3)23-7-8-24-15-10-14(21-11-22-15)12-5-4-6-13(9-12)17(18,19)20/h4-6,9-11,23H,7-8H2,1-3H3. The van der Waals surface area contributed by atoms with Gasteiger partial charge in [0.25, 0.3) is 0 Å². The fourth-order valence-electron chi connectivity index (χ4n) is 2.01. The molecule has 0 bridgehead atoms. The van der Waals surface area contributed by atoms with Gasteiger partial charge < -0.3 is 10.1 Å². The predicted octanol–water partition coefficient (Wildman–Crippen LogP) is 3.93. The van der Waals surface area contributed by atoms with Crippen LogP contribution in [-0.2, 0) is 6.18 Å². The first-order chi connectivity index (χ1) is 11.1. The Balaban J connectivity index is 2.08. The van der Waals surface area contributed by atoms with Gasteiger partial charge in [-0.2, -0.15) is 13.2 Å². The van der Waals surface area contributed by atoms with Crippen molar-refractivity contribution in [3.8, 4) is 17.1 Å². The first-order valence-electron chi connectivity index (χ1n) is 7.53. The minimum absolute atomic E-state index is 0.0156. The van der Waals surface area contributed by atoms with Crippen molar-refractivity contribution in [2.75, 3.05) is 13.2 Å². The third-order valence-electron chi connectivity index (χ3n) is 3.13. The van der Waals surface area contributed by atoms with Crippen LogP contribution >= 0.6 is 0 Å². The Kier molecular flexibility index (Phi) is 5.43. The minimum Gasteiger partial charge on any atom is -0.476 e. The quantitative estimate of drug-likeness (QED) is 0.839. The molecule has 0 amide bonds. The second-order valence-corrected chi connectivity index (χ2v) is 6.35. The van der Waals surface area contributed by atoms with Gasteiger partial charge in [-0.3, -0.25) is 0 Å². The van der Waals surface area contributed by atoms with Crippen molar-refractivity contribution in [3.63, 3.8) is 0 Å². The van der Waals surface area contributed by atoms with Crippen LogP contribution in [0.5, 0.6) is 5.88 Å². The lowest BCUT2D eigenvalue weighted by atomic mass is 10.1. The molecule has 0 saturated heterocycles. The molecule has 0 aliphatic carbocycles. The highest BCUT2D eigenvalue weighted by Crippen LogP contribution is 2.32. The summed E-state index contributed by atoms with van der Waals surface area (Å²) in [6.45, 7) is 7.17. The summed E-state index contributed by atoms with van der Waals surface area (Å²) in [6.07, 6.45) is -3.11. The molecule has 1 aromatic carbocycles. The lowest BCUT2D eigenvalue weighted by Crippen LogP contribution is -2.38. The number of rotatable bonds is 5.